The number of anilines is 1. The van der Waals surface area contributed by atoms with Crippen molar-refractivity contribution in [3.05, 3.63) is 30.0 Å². The number of fused-ring (bicyclic) bond motifs is 1. The second-order valence-corrected chi connectivity index (χ2v) is 5.75. The lowest BCUT2D eigenvalue weighted by atomic mass is 10.1. The van der Waals surface area contributed by atoms with Gasteiger partial charge in [0.2, 0.25) is 0 Å². The van der Waals surface area contributed by atoms with Crippen LogP contribution in [0.25, 0.3) is 10.9 Å². The predicted molar refractivity (Wildman–Crippen MR) is 85.7 cm³/mol. The molecule has 0 radical (unpaired) electrons. The summed E-state index contributed by atoms with van der Waals surface area (Å²) >= 11 is 0. The summed E-state index contributed by atoms with van der Waals surface area (Å²) in [5.41, 5.74) is 2.74. The molecule has 0 unspecified atom stereocenters. The van der Waals surface area contributed by atoms with Gasteiger partial charge in [0.15, 0.2) is 0 Å². The van der Waals surface area contributed by atoms with Crippen LogP contribution in [-0.4, -0.2) is 25.7 Å². The molecule has 2 aromatic rings. The van der Waals surface area contributed by atoms with Crippen molar-refractivity contribution >= 4 is 16.6 Å². The molecule has 0 saturated carbocycles. The first-order chi connectivity index (χ1) is 10.0. The number of ether oxygens (including phenoxy) is 1. The fourth-order valence-corrected chi connectivity index (χ4v) is 2.13. The average molecular weight is 283 g/mol. The van der Waals surface area contributed by atoms with Gasteiger partial charge in [0.25, 0.3) is 0 Å². The molecule has 4 nitrogen and oxygen atoms in total. The summed E-state index contributed by atoms with van der Waals surface area (Å²) < 4.78 is 5.79. The Bertz CT molecular complexity index is 672. The van der Waals surface area contributed by atoms with Crippen molar-refractivity contribution in [1.29, 1.82) is 5.26 Å². The lowest BCUT2D eigenvalue weighted by molar-refractivity contribution is 0.271. The van der Waals surface area contributed by atoms with E-state index in [1.165, 1.54) is 0 Å². The number of aromatic nitrogens is 1. The fraction of sp³-hybridized carbons (Fsp3) is 0.412. The number of benzene rings is 1. The van der Waals surface area contributed by atoms with Gasteiger partial charge in [-0.15, -0.1) is 0 Å². The van der Waals surface area contributed by atoms with E-state index in [4.69, 9.17) is 10.00 Å². The van der Waals surface area contributed by atoms with Crippen LogP contribution in [0.15, 0.2) is 24.3 Å². The second kappa shape index (κ2) is 6.45. The zero-order valence-corrected chi connectivity index (χ0v) is 13.1. The summed E-state index contributed by atoms with van der Waals surface area (Å²) in [4.78, 5) is 6.58. The van der Waals surface area contributed by atoms with Crippen LogP contribution in [0.3, 0.4) is 0 Å². The topological polar surface area (TPSA) is 49.1 Å². The number of rotatable bonds is 5. The SMILES string of the molecule is CC(C)COc1ccc2nc(CC#N)cc(N(C)C)c2c1. The Morgan fingerprint density at radius 1 is 1.29 bits per heavy atom. The molecule has 21 heavy (non-hydrogen) atoms. The Morgan fingerprint density at radius 3 is 2.67 bits per heavy atom. The van der Waals surface area contributed by atoms with Crippen molar-refractivity contribution in [2.24, 2.45) is 5.92 Å². The van der Waals surface area contributed by atoms with Crippen molar-refractivity contribution < 1.29 is 4.74 Å². The first-order valence-electron chi connectivity index (χ1n) is 7.12. The van der Waals surface area contributed by atoms with E-state index in [-0.39, 0.29) is 0 Å². The minimum Gasteiger partial charge on any atom is -0.493 e. The molecule has 110 valence electrons. The van der Waals surface area contributed by atoms with Crippen LogP contribution < -0.4 is 9.64 Å². The van der Waals surface area contributed by atoms with Crippen LogP contribution in [-0.2, 0) is 6.42 Å². The maximum atomic E-state index is 8.86. The molecule has 1 aromatic heterocycles. The Kier molecular flexibility index (Phi) is 4.64. The van der Waals surface area contributed by atoms with E-state index in [9.17, 15) is 0 Å². The minimum absolute atomic E-state index is 0.322. The number of nitrogens with zero attached hydrogens (tertiary/aromatic N) is 3. The third-order valence-electron chi connectivity index (χ3n) is 3.14. The van der Waals surface area contributed by atoms with E-state index in [0.717, 1.165) is 28.0 Å². The largest absolute Gasteiger partial charge is 0.493 e. The third kappa shape index (κ3) is 3.63. The van der Waals surface area contributed by atoms with E-state index in [2.05, 4.69) is 24.9 Å². The van der Waals surface area contributed by atoms with Crippen molar-refractivity contribution in [1.82, 2.24) is 4.98 Å². The smallest absolute Gasteiger partial charge is 0.120 e. The molecular weight excluding hydrogens is 262 g/mol. The van der Waals surface area contributed by atoms with Gasteiger partial charge in [-0.25, -0.2) is 0 Å². The molecule has 0 saturated heterocycles. The first-order valence-corrected chi connectivity index (χ1v) is 7.12. The number of hydrogen-bond donors (Lipinski definition) is 0. The van der Waals surface area contributed by atoms with E-state index in [0.29, 0.717) is 18.9 Å². The van der Waals surface area contributed by atoms with Crippen molar-refractivity contribution in [2.75, 3.05) is 25.6 Å². The summed E-state index contributed by atoms with van der Waals surface area (Å²) in [6, 6.07) is 10.0. The molecule has 1 heterocycles. The van der Waals surface area contributed by atoms with Gasteiger partial charge in [-0.2, -0.15) is 5.26 Å². The molecule has 4 heteroatoms. The molecule has 0 fully saturated rings. The number of hydrogen-bond acceptors (Lipinski definition) is 4. The highest BCUT2D eigenvalue weighted by Gasteiger charge is 2.09. The molecule has 0 bridgehead atoms. The van der Waals surface area contributed by atoms with Crippen molar-refractivity contribution in [3.8, 4) is 11.8 Å². The van der Waals surface area contributed by atoms with Crippen LogP contribution in [0, 0.1) is 17.2 Å². The van der Waals surface area contributed by atoms with Gasteiger partial charge in [0.05, 0.1) is 30.3 Å². The molecule has 0 spiro atoms. The Balaban J connectivity index is 2.47. The molecule has 0 amide bonds. The van der Waals surface area contributed by atoms with Crippen LogP contribution >= 0.6 is 0 Å². The zero-order valence-electron chi connectivity index (χ0n) is 13.1. The van der Waals surface area contributed by atoms with E-state index < -0.39 is 0 Å². The van der Waals surface area contributed by atoms with E-state index in [1.54, 1.807) is 0 Å². The third-order valence-corrected chi connectivity index (χ3v) is 3.14. The summed E-state index contributed by atoms with van der Waals surface area (Å²) in [5, 5.41) is 9.91. The van der Waals surface area contributed by atoms with Crippen LogP contribution in [0.2, 0.25) is 0 Å². The maximum Gasteiger partial charge on any atom is 0.120 e. The lowest BCUT2D eigenvalue weighted by Crippen LogP contribution is -2.10. The maximum absolute atomic E-state index is 8.86. The Hall–Kier alpha value is -2.28. The molecule has 0 aliphatic rings. The minimum atomic E-state index is 0.322. The molecular formula is C17H21N3O. The van der Waals surface area contributed by atoms with Gasteiger partial charge in [-0.3, -0.25) is 4.98 Å². The van der Waals surface area contributed by atoms with Gasteiger partial charge in [-0.1, -0.05) is 13.8 Å². The van der Waals surface area contributed by atoms with Crippen LogP contribution in [0.5, 0.6) is 5.75 Å². The van der Waals surface area contributed by atoms with Gasteiger partial charge in [-0.05, 0) is 30.2 Å². The van der Waals surface area contributed by atoms with Crippen molar-refractivity contribution in [2.45, 2.75) is 20.3 Å². The second-order valence-electron chi connectivity index (χ2n) is 5.75. The summed E-state index contributed by atoms with van der Waals surface area (Å²) in [6.07, 6.45) is 0.322. The van der Waals surface area contributed by atoms with E-state index >= 15 is 0 Å². The Labute approximate surface area is 126 Å². The van der Waals surface area contributed by atoms with Crippen LogP contribution in [0.4, 0.5) is 5.69 Å². The van der Waals surface area contributed by atoms with E-state index in [1.807, 2.05) is 43.3 Å². The summed E-state index contributed by atoms with van der Waals surface area (Å²) in [7, 11) is 3.99. The summed E-state index contributed by atoms with van der Waals surface area (Å²) in [6.45, 7) is 4.95. The highest BCUT2D eigenvalue weighted by atomic mass is 16.5. The normalized spacial score (nSPS) is 10.7. The number of nitriles is 1. The Morgan fingerprint density at radius 2 is 2.05 bits per heavy atom. The zero-order chi connectivity index (χ0) is 15.4. The van der Waals surface area contributed by atoms with Gasteiger partial charge < -0.3 is 9.64 Å². The quantitative estimate of drug-likeness (QED) is 0.844. The molecule has 0 atom stereocenters. The highest BCUT2D eigenvalue weighted by Crippen LogP contribution is 2.29. The van der Waals surface area contributed by atoms with Gasteiger partial charge in [0.1, 0.15) is 5.75 Å². The van der Waals surface area contributed by atoms with Crippen molar-refractivity contribution in [3.63, 3.8) is 0 Å². The monoisotopic (exact) mass is 283 g/mol. The molecule has 0 aliphatic carbocycles. The average Bonchev–Trinajstić information content (AvgIpc) is 2.44. The van der Waals surface area contributed by atoms with Gasteiger partial charge in [0, 0.05) is 25.2 Å². The number of pyridine rings is 1. The van der Waals surface area contributed by atoms with Crippen LogP contribution in [0.1, 0.15) is 19.5 Å². The molecule has 0 aliphatic heterocycles. The molecule has 1 aromatic carbocycles. The van der Waals surface area contributed by atoms with Gasteiger partial charge >= 0.3 is 0 Å². The predicted octanol–water partition coefficient (Wildman–Crippen LogP) is 3.40. The summed E-state index contributed by atoms with van der Waals surface area (Å²) in [5.74, 6) is 1.35. The molecule has 0 N–H and O–H groups in total. The highest BCUT2D eigenvalue weighted by molar-refractivity contribution is 5.92. The lowest BCUT2D eigenvalue weighted by Gasteiger charge is -2.17. The standard InChI is InChI=1S/C17H21N3O/c1-12(2)11-21-14-5-6-16-15(10-14)17(20(3)4)9-13(19-16)7-8-18/h5-6,9-10,12H,7,11H2,1-4H3. The fourth-order valence-electron chi connectivity index (χ4n) is 2.13. The molecule has 2 rings (SSSR count). The first kappa shape index (κ1) is 15.1.